The Balaban J connectivity index is 1.87. The summed E-state index contributed by atoms with van der Waals surface area (Å²) < 4.78 is 0. The molecule has 0 radical (unpaired) electrons. The van der Waals surface area contributed by atoms with Crippen molar-refractivity contribution in [1.82, 2.24) is 24.9 Å². The van der Waals surface area contributed by atoms with Crippen molar-refractivity contribution in [3.8, 4) is 0 Å². The molecular weight excluding hydrogens is 304 g/mol. The number of aliphatic imine (C=N–C) groups is 1. The van der Waals surface area contributed by atoms with Gasteiger partial charge in [-0.3, -0.25) is 14.7 Å². The smallest absolute Gasteiger partial charge is 0.219 e. The second-order valence-electron chi connectivity index (χ2n) is 6.88. The summed E-state index contributed by atoms with van der Waals surface area (Å²) in [5.41, 5.74) is 0. The van der Waals surface area contributed by atoms with E-state index in [1.54, 1.807) is 6.92 Å². The lowest BCUT2D eigenvalue weighted by Gasteiger charge is -2.37. The summed E-state index contributed by atoms with van der Waals surface area (Å²) in [7, 11) is 2.18. The van der Waals surface area contributed by atoms with Crippen LogP contribution in [0.25, 0.3) is 0 Å². The van der Waals surface area contributed by atoms with E-state index >= 15 is 0 Å². The van der Waals surface area contributed by atoms with Gasteiger partial charge in [-0.1, -0.05) is 0 Å². The van der Waals surface area contributed by atoms with E-state index in [4.69, 9.17) is 4.99 Å². The molecule has 0 spiro atoms. The molecule has 1 unspecified atom stereocenters. The Kier molecular flexibility index (Phi) is 7.30. The summed E-state index contributed by atoms with van der Waals surface area (Å²) in [5, 5.41) is 3.41. The molecule has 2 fully saturated rings. The van der Waals surface area contributed by atoms with Crippen molar-refractivity contribution >= 4 is 11.9 Å². The van der Waals surface area contributed by atoms with Crippen LogP contribution in [0.15, 0.2) is 4.99 Å². The van der Waals surface area contributed by atoms with E-state index in [0.717, 1.165) is 71.4 Å². The maximum atomic E-state index is 11.5. The summed E-state index contributed by atoms with van der Waals surface area (Å²) in [6, 6.07) is 0.464. The summed E-state index contributed by atoms with van der Waals surface area (Å²) in [4.78, 5) is 25.4. The second kappa shape index (κ2) is 9.22. The molecule has 2 aliphatic heterocycles. The fraction of sp³-hybridized carbons (Fsp3) is 0.882. The van der Waals surface area contributed by atoms with Crippen LogP contribution in [0.1, 0.15) is 20.8 Å². The molecule has 0 saturated carbocycles. The van der Waals surface area contributed by atoms with Crippen LogP contribution in [-0.2, 0) is 4.79 Å². The van der Waals surface area contributed by atoms with Gasteiger partial charge in [-0.05, 0) is 20.9 Å². The zero-order valence-corrected chi connectivity index (χ0v) is 15.8. The molecule has 2 heterocycles. The molecule has 2 rings (SSSR count). The van der Waals surface area contributed by atoms with Crippen LogP contribution >= 0.6 is 0 Å². The van der Waals surface area contributed by atoms with Crippen LogP contribution < -0.4 is 5.32 Å². The van der Waals surface area contributed by atoms with Gasteiger partial charge in [0.2, 0.25) is 5.91 Å². The van der Waals surface area contributed by atoms with Gasteiger partial charge in [-0.2, -0.15) is 0 Å². The molecule has 0 aromatic rings. The number of likely N-dealkylation sites (N-methyl/N-ethyl adjacent to an activating group) is 1. The lowest BCUT2D eigenvalue weighted by atomic mass is 10.2. The fourth-order valence-corrected chi connectivity index (χ4v) is 3.26. The van der Waals surface area contributed by atoms with Gasteiger partial charge in [-0.25, -0.2) is 0 Å². The van der Waals surface area contributed by atoms with Crippen LogP contribution in [0.3, 0.4) is 0 Å². The maximum absolute atomic E-state index is 11.5. The summed E-state index contributed by atoms with van der Waals surface area (Å²) in [6.07, 6.45) is 0. The number of rotatable bonds is 4. The molecule has 7 heteroatoms. The molecule has 1 N–H and O–H groups in total. The largest absolute Gasteiger partial charge is 0.357 e. The highest BCUT2D eigenvalue weighted by Crippen LogP contribution is 2.07. The van der Waals surface area contributed by atoms with Gasteiger partial charge in [0, 0.05) is 71.9 Å². The van der Waals surface area contributed by atoms with E-state index < -0.39 is 0 Å². The van der Waals surface area contributed by atoms with Crippen LogP contribution in [0, 0.1) is 0 Å². The van der Waals surface area contributed by atoms with Crippen molar-refractivity contribution in [3.63, 3.8) is 0 Å². The molecule has 138 valence electrons. The third-order valence-corrected chi connectivity index (χ3v) is 5.03. The molecule has 2 aliphatic rings. The van der Waals surface area contributed by atoms with E-state index in [1.807, 2.05) is 4.90 Å². The number of nitrogens with zero attached hydrogens (tertiary/aromatic N) is 5. The minimum atomic E-state index is 0.167. The fourth-order valence-electron chi connectivity index (χ4n) is 3.26. The van der Waals surface area contributed by atoms with Crippen LogP contribution in [-0.4, -0.2) is 110 Å². The first-order valence-electron chi connectivity index (χ1n) is 9.22. The maximum Gasteiger partial charge on any atom is 0.219 e. The van der Waals surface area contributed by atoms with Crippen molar-refractivity contribution in [2.24, 2.45) is 4.99 Å². The second-order valence-corrected chi connectivity index (χ2v) is 6.88. The quantitative estimate of drug-likeness (QED) is 0.566. The molecule has 0 bridgehead atoms. The normalized spacial score (nSPS) is 22.6. The van der Waals surface area contributed by atoms with Crippen molar-refractivity contribution in [3.05, 3.63) is 0 Å². The minimum Gasteiger partial charge on any atom is -0.357 e. The van der Waals surface area contributed by atoms with Gasteiger partial charge >= 0.3 is 0 Å². The van der Waals surface area contributed by atoms with Crippen LogP contribution in [0.2, 0.25) is 0 Å². The number of carbonyl (C=O) groups excluding carboxylic acids is 1. The van der Waals surface area contributed by atoms with Gasteiger partial charge in [0.25, 0.3) is 0 Å². The van der Waals surface area contributed by atoms with Crippen molar-refractivity contribution in [2.75, 3.05) is 72.5 Å². The van der Waals surface area contributed by atoms with E-state index in [1.165, 1.54) is 0 Å². The Morgan fingerprint density at radius 1 is 1.04 bits per heavy atom. The lowest BCUT2D eigenvalue weighted by Crippen LogP contribution is -2.54. The van der Waals surface area contributed by atoms with Gasteiger partial charge in [0.1, 0.15) is 0 Å². The first kappa shape index (κ1) is 19.0. The molecule has 1 amide bonds. The molecule has 2 saturated heterocycles. The standard InChI is InChI=1S/C17H34N6O/c1-5-18-17(23-12-10-22(11-13-23)16(3)24)19-14-15(2)21-8-6-20(4)7-9-21/h15H,5-14H2,1-4H3,(H,18,19). The lowest BCUT2D eigenvalue weighted by molar-refractivity contribution is -0.130. The molecule has 1 atom stereocenters. The van der Waals surface area contributed by atoms with E-state index in [-0.39, 0.29) is 5.91 Å². The summed E-state index contributed by atoms with van der Waals surface area (Å²) >= 11 is 0. The number of piperazine rings is 2. The molecule has 0 aromatic carbocycles. The zero-order valence-electron chi connectivity index (χ0n) is 15.8. The SMILES string of the molecule is CCNC(=NCC(C)N1CCN(C)CC1)N1CCN(C(C)=O)CC1. The Hall–Kier alpha value is -1.34. The highest BCUT2D eigenvalue weighted by atomic mass is 16.2. The average molecular weight is 339 g/mol. The predicted molar refractivity (Wildman–Crippen MR) is 98.3 cm³/mol. The molecule has 7 nitrogen and oxygen atoms in total. The van der Waals surface area contributed by atoms with Gasteiger partial charge in [-0.15, -0.1) is 0 Å². The van der Waals surface area contributed by atoms with E-state index in [0.29, 0.717) is 6.04 Å². The first-order chi connectivity index (χ1) is 11.5. The van der Waals surface area contributed by atoms with E-state index in [9.17, 15) is 4.79 Å². The number of hydrogen-bond acceptors (Lipinski definition) is 4. The highest BCUT2D eigenvalue weighted by molar-refractivity contribution is 5.80. The van der Waals surface area contributed by atoms with Crippen molar-refractivity contribution in [2.45, 2.75) is 26.8 Å². The molecule has 24 heavy (non-hydrogen) atoms. The molecule has 0 aromatic heterocycles. The Bertz CT molecular complexity index is 425. The monoisotopic (exact) mass is 338 g/mol. The Morgan fingerprint density at radius 2 is 1.62 bits per heavy atom. The number of nitrogens with one attached hydrogen (secondary N) is 1. The summed E-state index contributed by atoms with van der Waals surface area (Å²) in [6.45, 7) is 15.5. The first-order valence-corrected chi connectivity index (χ1v) is 9.22. The van der Waals surface area contributed by atoms with Gasteiger partial charge in [0.05, 0.1) is 6.54 Å². The third kappa shape index (κ3) is 5.34. The predicted octanol–water partition coefficient (Wildman–Crippen LogP) is -0.248. The van der Waals surface area contributed by atoms with Crippen LogP contribution in [0.5, 0.6) is 0 Å². The topological polar surface area (TPSA) is 54.4 Å². The van der Waals surface area contributed by atoms with Gasteiger partial charge in [0.15, 0.2) is 5.96 Å². The number of hydrogen-bond donors (Lipinski definition) is 1. The molecule has 0 aliphatic carbocycles. The van der Waals surface area contributed by atoms with Crippen molar-refractivity contribution < 1.29 is 4.79 Å². The van der Waals surface area contributed by atoms with Crippen molar-refractivity contribution in [1.29, 1.82) is 0 Å². The molecular formula is C17H34N6O. The number of amides is 1. The van der Waals surface area contributed by atoms with Crippen LogP contribution in [0.4, 0.5) is 0 Å². The number of carbonyl (C=O) groups is 1. The van der Waals surface area contributed by atoms with Gasteiger partial charge < -0.3 is 20.0 Å². The summed E-state index contributed by atoms with van der Waals surface area (Å²) in [5.74, 6) is 1.15. The third-order valence-electron chi connectivity index (χ3n) is 5.03. The minimum absolute atomic E-state index is 0.167. The Labute approximate surface area is 146 Å². The Morgan fingerprint density at radius 3 is 2.17 bits per heavy atom. The average Bonchev–Trinajstić information content (AvgIpc) is 2.59. The zero-order chi connectivity index (χ0) is 17.5. The number of guanidine groups is 1. The van der Waals surface area contributed by atoms with E-state index in [2.05, 4.69) is 40.9 Å². The highest BCUT2D eigenvalue weighted by Gasteiger charge is 2.22.